The van der Waals surface area contributed by atoms with Crippen molar-refractivity contribution < 1.29 is 19.0 Å². The zero-order chi connectivity index (χ0) is 16.9. The lowest BCUT2D eigenvalue weighted by Gasteiger charge is -2.09. The fourth-order valence-corrected chi connectivity index (χ4v) is 2.64. The number of ether oxygens (including phenoxy) is 3. The minimum absolute atomic E-state index is 0.500. The van der Waals surface area contributed by atoms with Crippen LogP contribution in [0.3, 0.4) is 0 Å². The zero-order valence-corrected chi connectivity index (χ0v) is 13.7. The number of nitrogens with zero attached hydrogens (tertiary/aromatic N) is 1. The lowest BCUT2D eigenvalue weighted by atomic mass is 10.2. The summed E-state index contributed by atoms with van der Waals surface area (Å²) in [5, 5.41) is 0.883. The first kappa shape index (κ1) is 15.9. The summed E-state index contributed by atoms with van der Waals surface area (Å²) in [5.74, 6) is 2.31. The van der Waals surface area contributed by atoms with Gasteiger partial charge < -0.3 is 18.8 Å². The van der Waals surface area contributed by atoms with Gasteiger partial charge in [0, 0.05) is 22.7 Å². The van der Waals surface area contributed by atoms with E-state index in [4.69, 9.17) is 14.2 Å². The monoisotopic (exact) mass is 325 g/mol. The Morgan fingerprint density at radius 1 is 0.958 bits per heavy atom. The summed E-state index contributed by atoms with van der Waals surface area (Å²) >= 11 is 0. The summed E-state index contributed by atoms with van der Waals surface area (Å²) in [6.07, 6.45) is 2.71. The first-order valence-corrected chi connectivity index (χ1v) is 7.64. The van der Waals surface area contributed by atoms with E-state index in [2.05, 4.69) is 0 Å². The van der Waals surface area contributed by atoms with E-state index in [-0.39, 0.29) is 0 Å². The minimum Gasteiger partial charge on any atom is -0.497 e. The second-order valence-corrected chi connectivity index (χ2v) is 5.30. The molecule has 0 atom stereocenters. The van der Waals surface area contributed by atoms with Crippen molar-refractivity contribution in [2.75, 3.05) is 20.8 Å². The van der Waals surface area contributed by atoms with Crippen LogP contribution in [-0.4, -0.2) is 31.7 Å². The molecule has 0 aliphatic heterocycles. The summed E-state index contributed by atoms with van der Waals surface area (Å²) in [5.41, 5.74) is 1.63. The van der Waals surface area contributed by atoms with Crippen LogP contribution in [0.25, 0.3) is 10.9 Å². The third-order valence-electron chi connectivity index (χ3n) is 3.91. The Kier molecular flexibility index (Phi) is 4.70. The Hall–Kier alpha value is -2.95. The predicted molar refractivity (Wildman–Crippen MR) is 92.4 cm³/mol. The van der Waals surface area contributed by atoms with Crippen LogP contribution in [0.1, 0.15) is 10.4 Å². The van der Waals surface area contributed by atoms with Gasteiger partial charge in [0.1, 0.15) is 23.9 Å². The maximum atomic E-state index is 11.3. The van der Waals surface area contributed by atoms with E-state index in [9.17, 15) is 4.79 Å². The van der Waals surface area contributed by atoms with Crippen LogP contribution in [0.15, 0.2) is 48.7 Å². The van der Waals surface area contributed by atoms with Gasteiger partial charge in [-0.25, -0.2) is 0 Å². The molecule has 0 N–H and O–H groups in total. The van der Waals surface area contributed by atoms with Crippen molar-refractivity contribution in [3.63, 3.8) is 0 Å². The first-order chi connectivity index (χ1) is 11.7. The highest BCUT2D eigenvalue weighted by atomic mass is 16.5. The Balaban J connectivity index is 1.73. The van der Waals surface area contributed by atoms with E-state index in [0.717, 1.165) is 34.4 Å². The molecular formula is C19H19NO4. The van der Waals surface area contributed by atoms with Gasteiger partial charge in [-0.3, -0.25) is 4.79 Å². The van der Waals surface area contributed by atoms with Gasteiger partial charge >= 0.3 is 0 Å². The molecule has 0 spiro atoms. The average Bonchev–Trinajstić information content (AvgIpc) is 2.99. The lowest BCUT2D eigenvalue weighted by molar-refractivity contribution is 0.112. The molecule has 5 nitrogen and oxygen atoms in total. The van der Waals surface area contributed by atoms with Gasteiger partial charge in [-0.05, 0) is 42.5 Å². The van der Waals surface area contributed by atoms with E-state index in [0.29, 0.717) is 18.7 Å². The van der Waals surface area contributed by atoms with Crippen molar-refractivity contribution in [1.29, 1.82) is 0 Å². The molecule has 0 bridgehead atoms. The quantitative estimate of drug-likeness (QED) is 0.623. The molecule has 0 saturated heterocycles. The van der Waals surface area contributed by atoms with Crippen molar-refractivity contribution in [2.24, 2.45) is 0 Å². The van der Waals surface area contributed by atoms with Crippen molar-refractivity contribution >= 4 is 17.2 Å². The van der Waals surface area contributed by atoms with Gasteiger partial charge in [-0.1, -0.05) is 0 Å². The number of carbonyl (C=O) groups is 1. The first-order valence-electron chi connectivity index (χ1n) is 7.64. The molecule has 0 aliphatic rings. The smallest absolute Gasteiger partial charge is 0.152 e. The Bertz CT molecular complexity index is 836. The molecule has 0 amide bonds. The number of benzene rings is 2. The largest absolute Gasteiger partial charge is 0.497 e. The number of fused-ring (bicyclic) bond motifs is 1. The van der Waals surface area contributed by atoms with Crippen LogP contribution in [0.5, 0.6) is 17.2 Å². The highest BCUT2D eigenvalue weighted by Gasteiger charge is 2.09. The van der Waals surface area contributed by atoms with Gasteiger partial charge in [0.05, 0.1) is 20.8 Å². The molecule has 5 heteroatoms. The molecule has 1 aromatic heterocycles. The summed E-state index contributed by atoms with van der Waals surface area (Å²) in [6, 6.07) is 13.2. The number of methoxy groups -OCH3 is 2. The predicted octanol–water partition coefficient (Wildman–Crippen LogP) is 3.55. The highest BCUT2D eigenvalue weighted by molar-refractivity contribution is 5.98. The standard InChI is InChI=1S/C19H19NO4/c1-22-15-3-5-16(6-4-15)24-10-9-20-12-14(13-21)18-11-17(23-2)7-8-19(18)20/h3-8,11-13H,9-10H2,1-2H3. The van der Waals surface area contributed by atoms with Gasteiger partial charge in [-0.2, -0.15) is 0 Å². The maximum absolute atomic E-state index is 11.3. The summed E-state index contributed by atoms with van der Waals surface area (Å²) < 4.78 is 18.1. The van der Waals surface area contributed by atoms with Gasteiger partial charge in [0.15, 0.2) is 6.29 Å². The number of rotatable bonds is 7. The second kappa shape index (κ2) is 7.08. The Morgan fingerprint density at radius 3 is 2.29 bits per heavy atom. The SMILES string of the molecule is COc1ccc(OCCn2cc(C=O)c3cc(OC)ccc32)cc1. The topological polar surface area (TPSA) is 49.7 Å². The molecule has 3 aromatic rings. The van der Waals surface area contributed by atoms with Crippen LogP contribution in [0.4, 0.5) is 0 Å². The Morgan fingerprint density at radius 2 is 1.62 bits per heavy atom. The van der Waals surface area contributed by atoms with Crippen LogP contribution < -0.4 is 14.2 Å². The third kappa shape index (κ3) is 3.20. The van der Waals surface area contributed by atoms with Crippen molar-refractivity contribution in [3.05, 3.63) is 54.2 Å². The van der Waals surface area contributed by atoms with Gasteiger partial charge in [0.25, 0.3) is 0 Å². The molecule has 24 heavy (non-hydrogen) atoms. The van der Waals surface area contributed by atoms with E-state index in [1.165, 1.54) is 0 Å². The van der Waals surface area contributed by atoms with Gasteiger partial charge in [0.2, 0.25) is 0 Å². The van der Waals surface area contributed by atoms with Crippen LogP contribution >= 0.6 is 0 Å². The lowest BCUT2D eigenvalue weighted by Crippen LogP contribution is -2.07. The zero-order valence-electron chi connectivity index (χ0n) is 13.7. The number of hydrogen-bond donors (Lipinski definition) is 0. The molecular weight excluding hydrogens is 306 g/mol. The molecule has 0 fully saturated rings. The van der Waals surface area contributed by atoms with Crippen molar-refractivity contribution in [3.8, 4) is 17.2 Å². The highest BCUT2D eigenvalue weighted by Crippen LogP contribution is 2.25. The van der Waals surface area contributed by atoms with E-state index < -0.39 is 0 Å². The fourth-order valence-electron chi connectivity index (χ4n) is 2.64. The molecule has 0 unspecified atom stereocenters. The number of aldehydes is 1. The number of carbonyl (C=O) groups excluding carboxylic acids is 1. The third-order valence-corrected chi connectivity index (χ3v) is 3.91. The molecule has 3 rings (SSSR count). The van der Waals surface area contributed by atoms with Crippen molar-refractivity contribution in [2.45, 2.75) is 6.54 Å². The molecule has 0 radical (unpaired) electrons. The van der Waals surface area contributed by atoms with E-state index in [1.807, 2.05) is 53.2 Å². The van der Waals surface area contributed by atoms with E-state index in [1.54, 1.807) is 14.2 Å². The average molecular weight is 325 g/mol. The van der Waals surface area contributed by atoms with Gasteiger partial charge in [-0.15, -0.1) is 0 Å². The summed E-state index contributed by atoms with van der Waals surface area (Å²) in [6.45, 7) is 1.14. The van der Waals surface area contributed by atoms with Crippen LogP contribution in [0, 0.1) is 0 Å². The maximum Gasteiger partial charge on any atom is 0.152 e. The van der Waals surface area contributed by atoms with E-state index >= 15 is 0 Å². The molecule has 2 aromatic carbocycles. The van der Waals surface area contributed by atoms with Crippen molar-refractivity contribution in [1.82, 2.24) is 4.57 Å². The second-order valence-electron chi connectivity index (χ2n) is 5.30. The van der Waals surface area contributed by atoms with Crippen LogP contribution in [-0.2, 0) is 6.54 Å². The normalized spacial score (nSPS) is 10.6. The van der Waals surface area contributed by atoms with Crippen LogP contribution in [0.2, 0.25) is 0 Å². The number of hydrogen-bond acceptors (Lipinski definition) is 4. The molecule has 1 heterocycles. The molecule has 0 aliphatic carbocycles. The fraction of sp³-hybridized carbons (Fsp3) is 0.211. The summed E-state index contributed by atoms with van der Waals surface area (Å²) in [7, 11) is 3.24. The minimum atomic E-state index is 0.500. The molecule has 124 valence electrons. The number of aromatic nitrogens is 1. The molecule has 0 saturated carbocycles. The summed E-state index contributed by atoms with van der Waals surface area (Å²) in [4.78, 5) is 11.3. The Labute approximate surface area is 140 Å².